The molecule has 0 bridgehead atoms. The number of halogens is 2. The number of nitrogens with one attached hydrogen (secondary N) is 1. The van der Waals surface area contributed by atoms with Gasteiger partial charge in [-0.2, -0.15) is 0 Å². The van der Waals surface area contributed by atoms with E-state index in [2.05, 4.69) is 37.2 Å². The van der Waals surface area contributed by atoms with Gasteiger partial charge < -0.3 is 10.4 Å². The van der Waals surface area contributed by atoms with E-state index >= 15 is 0 Å². The van der Waals surface area contributed by atoms with Gasteiger partial charge in [0.2, 0.25) is 0 Å². The minimum Gasteiger partial charge on any atom is -0.506 e. The molecule has 0 spiro atoms. The van der Waals surface area contributed by atoms with Gasteiger partial charge in [-0.25, -0.2) is 0 Å². The van der Waals surface area contributed by atoms with Gasteiger partial charge in [0, 0.05) is 23.9 Å². The predicted octanol–water partition coefficient (Wildman–Crippen LogP) is 4.44. The number of hydrogen-bond donors (Lipinski definition) is 2. The molecule has 2 aromatic carbocycles. The number of benzene rings is 2. The summed E-state index contributed by atoms with van der Waals surface area (Å²) in [5, 5.41) is 23.6. The number of hydrogen-bond acceptors (Lipinski definition) is 4. The van der Waals surface area contributed by atoms with Crippen LogP contribution in [0.15, 0.2) is 45.3 Å². The second kappa shape index (κ2) is 6.23. The molecule has 0 aliphatic carbocycles. The van der Waals surface area contributed by atoms with Crippen molar-refractivity contribution in [3.05, 3.63) is 61.0 Å². The van der Waals surface area contributed by atoms with Crippen LogP contribution in [0.2, 0.25) is 0 Å². The minimum absolute atomic E-state index is 0.0805. The predicted molar refractivity (Wildman–Crippen MR) is 83.9 cm³/mol. The Morgan fingerprint density at radius 2 is 1.80 bits per heavy atom. The Kier molecular flexibility index (Phi) is 4.61. The molecule has 0 saturated heterocycles. The molecule has 0 aromatic heterocycles. The topological polar surface area (TPSA) is 75.4 Å². The number of rotatable bonds is 4. The molecule has 0 atom stereocenters. The first-order valence-corrected chi connectivity index (χ1v) is 7.22. The highest BCUT2D eigenvalue weighted by atomic mass is 79.9. The molecule has 0 heterocycles. The first-order valence-electron chi connectivity index (χ1n) is 5.63. The van der Waals surface area contributed by atoms with Crippen LogP contribution in [0, 0.1) is 10.1 Å². The number of phenols is 1. The molecule has 5 nitrogen and oxygen atoms in total. The fourth-order valence-electron chi connectivity index (χ4n) is 1.70. The summed E-state index contributed by atoms with van der Waals surface area (Å²) in [6.07, 6.45) is 0. The summed E-state index contributed by atoms with van der Waals surface area (Å²) >= 11 is 6.47. The van der Waals surface area contributed by atoms with Crippen LogP contribution < -0.4 is 5.32 Å². The van der Waals surface area contributed by atoms with Crippen LogP contribution in [-0.4, -0.2) is 10.0 Å². The molecule has 0 aliphatic heterocycles. The van der Waals surface area contributed by atoms with E-state index in [1.54, 1.807) is 30.3 Å². The van der Waals surface area contributed by atoms with E-state index < -0.39 is 4.92 Å². The summed E-state index contributed by atoms with van der Waals surface area (Å²) in [7, 11) is 0. The molecule has 0 unspecified atom stereocenters. The molecule has 20 heavy (non-hydrogen) atoms. The molecule has 2 N–H and O–H groups in total. The third kappa shape index (κ3) is 3.29. The quantitative estimate of drug-likeness (QED) is 0.451. The Labute approximate surface area is 132 Å². The minimum atomic E-state index is -0.403. The zero-order valence-electron chi connectivity index (χ0n) is 10.1. The van der Waals surface area contributed by atoms with Gasteiger partial charge in [0.25, 0.3) is 5.69 Å². The van der Waals surface area contributed by atoms with E-state index in [1.165, 1.54) is 6.07 Å². The SMILES string of the molecule is O=[N+]([O-])c1ccccc1CNc1cc(Br)c(O)c(Br)c1. The van der Waals surface area contributed by atoms with Gasteiger partial charge >= 0.3 is 0 Å². The molecule has 0 amide bonds. The van der Waals surface area contributed by atoms with E-state index in [9.17, 15) is 15.2 Å². The number of nitrogens with zero attached hydrogens (tertiary/aromatic N) is 1. The zero-order chi connectivity index (χ0) is 14.7. The number of anilines is 1. The van der Waals surface area contributed by atoms with Crippen LogP contribution in [0.25, 0.3) is 0 Å². The average molecular weight is 402 g/mol. The lowest BCUT2D eigenvalue weighted by molar-refractivity contribution is -0.385. The van der Waals surface area contributed by atoms with Crippen molar-refractivity contribution in [1.29, 1.82) is 0 Å². The summed E-state index contributed by atoms with van der Waals surface area (Å²) in [6.45, 7) is 0.320. The van der Waals surface area contributed by atoms with Crippen LogP contribution in [0.1, 0.15) is 5.56 Å². The van der Waals surface area contributed by atoms with Crippen molar-refractivity contribution in [3.63, 3.8) is 0 Å². The molecular formula is C13H10Br2N2O3. The maximum atomic E-state index is 10.9. The largest absolute Gasteiger partial charge is 0.506 e. The molecule has 104 valence electrons. The van der Waals surface area contributed by atoms with Crippen LogP contribution in [-0.2, 0) is 6.54 Å². The van der Waals surface area contributed by atoms with E-state index in [-0.39, 0.29) is 11.4 Å². The first kappa shape index (κ1) is 14.8. The number of para-hydroxylation sites is 1. The molecule has 2 rings (SSSR count). The number of phenolic OH excluding ortho intramolecular Hbond substituents is 1. The second-order valence-corrected chi connectivity index (χ2v) is 5.74. The summed E-state index contributed by atoms with van der Waals surface area (Å²) in [5.41, 5.74) is 1.41. The van der Waals surface area contributed by atoms with Crippen molar-refractivity contribution >= 4 is 43.2 Å². The van der Waals surface area contributed by atoms with Gasteiger partial charge in [-0.05, 0) is 44.0 Å². The van der Waals surface area contributed by atoms with Crippen molar-refractivity contribution in [3.8, 4) is 5.75 Å². The van der Waals surface area contributed by atoms with Gasteiger partial charge in [-0.3, -0.25) is 10.1 Å². The summed E-state index contributed by atoms with van der Waals surface area (Å²) in [4.78, 5) is 10.5. The molecule has 0 fully saturated rings. The Hall–Kier alpha value is -1.60. The van der Waals surface area contributed by atoms with Crippen molar-refractivity contribution < 1.29 is 10.0 Å². The van der Waals surface area contributed by atoms with Crippen LogP contribution >= 0.6 is 31.9 Å². The van der Waals surface area contributed by atoms with Crippen molar-refractivity contribution in [2.24, 2.45) is 0 Å². The van der Waals surface area contributed by atoms with Gasteiger partial charge in [0.1, 0.15) is 5.75 Å². The maximum absolute atomic E-state index is 10.9. The number of aromatic hydroxyl groups is 1. The molecule has 2 aromatic rings. The van der Waals surface area contributed by atoms with Crippen LogP contribution in [0.3, 0.4) is 0 Å². The van der Waals surface area contributed by atoms with Gasteiger partial charge in [-0.1, -0.05) is 18.2 Å². The number of nitro benzene ring substituents is 1. The third-order valence-electron chi connectivity index (χ3n) is 2.69. The van der Waals surface area contributed by atoms with Gasteiger partial charge in [0.15, 0.2) is 0 Å². The lowest BCUT2D eigenvalue weighted by Crippen LogP contribution is -2.03. The molecule has 0 radical (unpaired) electrons. The van der Waals surface area contributed by atoms with Gasteiger partial charge in [0.05, 0.1) is 13.9 Å². The summed E-state index contributed by atoms with van der Waals surface area (Å²) in [5.74, 6) is 0.112. The molecule has 0 aliphatic rings. The fraction of sp³-hybridized carbons (Fsp3) is 0.0769. The highest BCUT2D eigenvalue weighted by Gasteiger charge is 2.12. The Morgan fingerprint density at radius 3 is 2.40 bits per heavy atom. The Balaban J connectivity index is 2.19. The fourth-order valence-corrected chi connectivity index (χ4v) is 2.89. The molecular weight excluding hydrogens is 392 g/mol. The van der Waals surface area contributed by atoms with Crippen molar-refractivity contribution in [1.82, 2.24) is 0 Å². The van der Waals surface area contributed by atoms with Crippen molar-refractivity contribution in [2.45, 2.75) is 6.54 Å². The average Bonchev–Trinajstić information content (AvgIpc) is 2.42. The standard InChI is InChI=1S/C13H10Br2N2O3/c14-10-5-9(6-11(15)13(10)18)16-7-8-3-1-2-4-12(8)17(19)20/h1-6,16,18H,7H2. The lowest BCUT2D eigenvalue weighted by Gasteiger charge is -2.09. The second-order valence-electron chi connectivity index (χ2n) is 4.03. The highest BCUT2D eigenvalue weighted by molar-refractivity contribution is 9.11. The first-order chi connectivity index (χ1) is 9.49. The van der Waals surface area contributed by atoms with Crippen molar-refractivity contribution in [2.75, 3.05) is 5.32 Å². The summed E-state index contributed by atoms with van der Waals surface area (Å²) < 4.78 is 1.08. The van der Waals surface area contributed by atoms with Crippen LogP contribution in [0.4, 0.5) is 11.4 Å². The van der Waals surface area contributed by atoms with Crippen LogP contribution in [0.5, 0.6) is 5.75 Å². The lowest BCUT2D eigenvalue weighted by atomic mass is 10.2. The smallest absolute Gasteiger partial charge is 0.274 e. The zero-order valence-corrected chi connectivity index (χ0v) is 13.3. The third-order valence-corrected chi connectivity index (χ3v) is 3.90. The molecule has 0 saturated carbocycles. The maximum Gasteiger partial charge on any atom is 0.274 e. The van der Waals surface area contributed by atoms with Gasteiger partial charge in [-0.15, -0.1) is 0 Å². The normalized spacial score (nSPS) is 10.3. The highest BCUT2D eigenvalue weighted by Crippen LogP contribution is 2.35. The van der Waals surface area contributed by atoms with E-state index in [1.807, 2.05) is 0 Å². The van der Waals surface area contributed by atoms with E-state index in [4.69, 9.17) is 0 Å². The summed E-state index contributed by atoms with van der Waals surface area (Å²) in [6, 6.07) is 9.97. The monoisotopic (exact) mass is 400 g/mol. The Morgan fingerprint density at radius 1 is 1.20 bits per heavy atom. The number of nitro groups is 1. The van der Waals surface area contributed by atoms with E-state index in [0.717, 1.165) is 5.69 Å². The molecule has 7 heteroatoms. The Bertz CT molecular complexity index is 639. The van der Waals surface area contributed by atoms with E-state index in [0.29, 0.717) is 21.1 Å².